The smallest absolute Gasteiger partial charge is 0.240 e. The molecule has 1 atom stereocenters. The zero-order valence-electron chi connectivity index (χ0n) is 13.8. The van der Waals surface area contributed by atoms with E-state index in [0.29, 0.717) is 33.3 Å². The third-order valence-electron chi connectivity index (χ3n) is 5.06. The van der Waals surface area contributed by atoms with Gasteiger partial charge in [-0.2, -0.15) is 5.10 Å². The summed E-state index contributed by atoms with van der Waals surface area (Å²) in [6, 6.07) is 10.9. The van der Waals surface area contributed by atoms with E-state index in [1.54, 1.807) is 36.5 Å². The molecule has 2 aliphatic rings. The first-order valence-electron chi connectivity index (χ1n) is 8.25. The highest BCUT2D eigenvalue weighted by Gasteiger charge is 2.55. The minimum Gasteiger partial charge on any atom is -0.325 e. The van der Waals surface area contributed by atoms with Gasteiger partial charge < -0.3 is 10.6 Å². The van der Waals surface area contributed by atoms with E-state index in [2.05, 4.69) is 15.7 Å². The Morgan fingerprint density at radius 3 is 2.67 bits per heavy atom. The summed E-state index contributed by atoms with van der Waals surface area (Å²) in [5.41, 5.74) is 1.03. The number of rotatable bonds is 1. The Labute approximate surface area is 157 Å². The molecule has 6 nitrogen and oxygen atoms in total. The molecule has 8 heteroatoms. The molecular weight excluding hydrogens is 371 g/mol. The molecule has 2 amide bonds. The summed E-state index contributed by atoms with van der Waals surface area (Å²) in [6.45, 7) is 0. The zero-order chi connectivity index (χ0) is 18.8. The summed E-state index contributed by atoms with van der Waals surface area (Å²) in [7, 11) is 0. The molecule has 3 aromatic rings. The van der Waals surface area contributed by atoms with Crippen LogP contribution in [-0.2, 0) is 15.0 Å². The fraction of sp³-hybridized carbons (Fsp3) is 0.105. The van der Waals surface area contributed by atoms with Crippen LogP contribution in [0.25, 0.3) is 5.69 Å². The Hall–Kier alpha value is -3.19. The minimum absolute atomic E-state index is 0.0717. The second-order valence-electron chi connectivity index (χ2n) is 6.54. The van der Waals surface area contributed by atoms with Crippen molar-refractivity contribution in [2.45, 2.75) is 11.8 Å². The molecule has 5 rings (SSSR count). The molecule has 0 aliphatic carbocycles. The van der Waals surface area contributed by atoms with Crippen LogP contribution >= 0.6 is 11.6 Å². The molecule has 0 saturated heterocycles. The van der Waals surface area contributed by atoms with E-state index in [0.717, 1.165) is 0 Å². The first kappa shape index (κ1) is 16.0. The van der Waals surface area contributed by atoms with Crippen molar-refractivity contribution in [2.24, 2.45) is 0 Å². The first-order valence-corrected chi connectivity index (χ1v) is 8.63. The monoisotopic (exact) mass is 382 g/mol. The van der Waals surface area contributed by atoms with Crippen LogP contribution in [0.1, 0.15) is 17.5 Å². The Morgan fingerprint density at radius 2 is 1.89 bits per heavy atom. The highest BCUT2D eigenvalue weighted by Crippen LogP contribution is 2.52. The molecule has 27 heavy (non-hydrogen) atoms. The molecule has 1 unspecified atom stereocenters. The number of hydrogen-bond donors (Lipinski definition) is 2. The standard InChI is InChI=1S/C19H12ClFN4O2/c20-13-2-1-3-14-16(13)19(18(27)23-14)8-15(26)24-17-12(19)9-22-25(17)11-6-4-10(21)5-7-11/h1-7,9H,8H2,(H,23,27)(H,24,26). The lowest BCUT2D eigenvalue weighted by Gasteiger charge is -2.32. The van der Waals surface area contributed by atoms with E-state index in [1.165, 1.54) is 16.8 Å². The van der Waals surface area contributed by atoms with Gasteiger partial charge in [-0.1, -0.05) is 17.7 Å². The Balaban J connectivity index is 1.77. The van der Waals surface area contributed by atoms with Crippen molar-refractivity contribution < 1.29 is 14.0 Å². The maximum Gasteiger partial charge on any atom is 0.240 e. The Kier molecular flexibility index (Phi) is 3.21. The number of nitrogens with zero attached hydrogens (tertiary/aromatic N) is 2. The van der Waals surface area contributed by atoms with Gasteiger partial charge in [0.15, 0.2) is 0 Å². The normalized spacial score (nSPS) is 20.2. The maximum atomic E-state index is 13.3. The molecule has 0 fully saturated rings. The van der Waals surface area contributed by atoms with E-state index in [9.17, 15) is 14.0 Å². The highest BCUT2D eigenvalue weighted by molar-refractivity contribution is 6.33. The average molecular weight is 383 g/mol. The average Bonchev–Trinajstić information content (AvgIpc) is 3.17. The van der Waals surface area contributed by atoms with Crippen molar-refractivity contribution in [2.75, 3.05) is 10.6 Å². The molecule has 0 bridgehead atoms. The van der Waals surface area contributed by atoms with Gasteiger partial charge >= 0.3 is 0 Å². The molecule has 2 N–H and O–H groups in total. The number of carbonyl (C=O) groups is 2. The molecule has 2 aromatic carbocycles. The van der Waals surface area contributed by atoms with Crippen LogP contribution in [0, 0.1) is 5.82 Å². The zero-order valence-corrected chi connectivity index (χ0v) is 14.5. The van der Waals surface area contributed by atoms with Crippen LogP contribution in [-0.4, -0.2) is 21.6 Å². The summed E-state index contributed by atoms with van der Waals surface area (Å²) in [5.74, 6) is -0.647. The Morgan fingerprint density at radius 1 is 1.11 bits per heavy atom. The molecule has 0 radical (unpaired) electrons. The fourth-order valence-corrected chi connectivity index (χ4v) is 4.24. The van der Waals surface area contributed by atoms with Gasteiger partial charge in [-0.3, -0.25) is 9.59 Å². The molecule has 1 spiro atoms. The molecule has 2 aliphatic heterocycles. The van der Waals surface area contributed by atoms with Crippen LogP contribution in [0.5, 0.6) is 0 Å². The lowest BCUT2D eigenvalue weighted by atomic mass is 9.72. The van der Waals surface area contributed by atoms with Crippen LogP contribution in [0.2, 0.25) is 5.02 Å². The van der Waals surface area contributed by atoms with Gasteiger partial charge in [0, 0.05) is 28.3 Å². The second-order valence-corrected chi connectivity index (χ2v) is 6.95. The fourth-order valence-electron chi connectivity index (χ4n) is 3.90. The first-order chi connectivity index (χ1) is 13.0. The van der Waals surface area contributed by atoms with Gasteiger partial charge in [-0.15, -0.1) is 0 Å². The van der Waals surface area contributed by atoms with E-state index in [4.69, 9.17) is 11.6 Å². The summed E-state index contributed by atoms with van der Waals surface area (Å²) in [5, 5.41) is 10.4. The summed E-state index contributed by atoms with van der Waals surface area (Å²) in [4.78, 5) is 25.6. The number of nitrogens with one attached hydrogen (secondary N) is 2. The number of aromatic nitrogens is 2. The number of benzene rings is 2. The third-order valence-corrected chi connectivity index (χ3v) is 5.37. The predicted molar refractivity (Wildman–Crippen MR) is 97.6 cm³/mol. The van der Waals surface area contributed by atoms with Crippen molar-refractivity contribution in [3.05, 3.63) is 70.6 Å². The molecule has 134 valence electrons. The molecular formula is C19H12ClFN4O2. The number of halogens is 2. The number of carbonyl (C=O) groups excluding carboxylic acids is 2. The number of fused-ring (bicyclic) bond motifs is 4. The largest absolute Gasteiger partial charge is 0.325 e. The SMILES string of the molecule is O=C1CC2(C(=O)Nc3cccc(Cl)c32)c2cnn(-c3ccc(F)cc3)c2N1. The number of hydrogen-bond acceptors (Lipinski definition) is 3. The van der Waals surface area contributed by atoms with Gasteiger partial charge in [0.25, 0.3) is 0 Å². The summed E-state index contributed by atoms with van der Waals surface area (Å²) < 4.78 is 14.7. The van der Waals surface area contributed by atoms with Crippen LogP contribution in [0.15, 0.2) is 48.7 Å². The molecule has 0 saturated carbocycles. The summed E-state index contributed by atoms with van der Waals surface area (Å²) >= 11 is 6.42. The van der Waals surface area contributed by atoms with Crippen molar-refractivity contribution in [3.63, 3.8) is 0 Å². The summed E-state index contributed by atoms with van der Waals surface area (Å²) in [6.07, 6.45) is 1.48. The van der Waals surface area contributed by atoms with Crippen LogP contribution < -0.4 is 10.6 Å². The van der Waals surface area contributed by atoms with Gasteiger partial charge in [0.2, 0.25) is 11.8 Å². The van der Waals surface area contributed by atoms with Gasteiger partial charge in [0.05, 0.1) is 11.9 Å². The second kappa shape index (κ2) is 5.40. The van der Waals surface area contributed by atoms with Crippen LogP contribution in [0.4, 0.5) is 15.9 Å². The van der Waals surface area contributed by atoms with E-state index < -0.39 is 5.41 Å². The van der Waals surface area contributed by atoms with E-state index >= 15 is 0 Å². The quantitative estimate of drug-likeness (QED) is 0.678. The van der Waals surface area contributed by atoms with Crippen molar-refractivity contribution in [1.29, 1.82) is 0 Å². The minimum atomic E-state index is -1.25. The van der Waals surface area contributed by atoms with E-state index in [-0.39, 0.29) is 24.1 Å². The highest BCUT2D eigenvalue weighted by atomic mass is 35.5. The lowest BCUT2D eigenvalue weighted by molar-refractivity contribution is -0.125. The number of anilines is 2. The molecule has 1 aromatic heterocycles. The van der Waals surface area contributed by atoms with Crippen molar-refractivity contribution in [3.8, 4) is 5.69 Å². The lowest BCUT2D eigenvalue weighted by Crippen LogP contribution is -2.43. The predicted octanol–water partition coefficient (Wildman–Crippen LogP) is 3.25. The van der Waals surface area contributed by atoms with Gasteiger partial charge in [-0.05, 0) is 36.4 Å². The maximum absolute atomic E-state index is 13.3. The topological polar surface area (TPSA) is 76.0 Å². The van der Waals surface area contributed by atoms with Crippen molar-refractivity contribution >= 4 is 34.9 Å². The number of amides is 2. The van der Waals surface area contributed by atoms with Gasteiger partial charge in [0.1, 0.15) is 17.1 Å². The van der Waals surface area contributed by atoms with Crippen molar-refractivity contribution in [1.82, 2.24) is 9.78 Å². The van der Waals surface area contributed by atoms with Crippen LogP contribution in [0.3, 0.4) is 0 Å². The van der Waals surface area contributed by atoms with Gasteiger partial charge in [-0.25, -0.2) is 9.07 Å². The third kappa shape index (κ3) is 2.09. The van der Waals surface area contributed by atoms with E-state index in [1.807, 2.05) is 0 Å². The Bertz CT molecular complexity index is 1130. The molecule has 3 heterocycles.